The molecule has 4 heterocycles. The summed E-state index contributed by atoms with van der Waals surface area (Å²) in [6.45, 7) is 2.73. The summed E-state index contributed by atoms with van der Waals surface area (Å²) >= 11 is 0. The number of fused-ring (bicyclic) bond motifs is 3. The SMILES string of the molecule is COC(=O)c1ccc(C#CC2(O)CN3CCC2CC3)nc1. The molecule has 110 valence electrons. The first kappa shape index (κ1) is 14.1. The third kappa shape index (κ3) is 2.78. The number of hydrogen-bond donors (Lipinski definition) is 1. The predicted octanol–water partition coefficient (Wildman–Crippen LogP) is 0.676. The maximum atomic E-state index is 11.3. The van der Waals surface area contributed by atoms with Crippen molar-refractivity contribution in [2.75, 3.05) is 26.7 Å². The lowest BCUT2D eigenvalue weighted by Crippen LogP contribution is -2.58. The molecule has 0 aliphatic carbocycles. The molecule has 3 fully saturated rings. The molecule has 5 nitrogen and oxygen atoms in total. The third-order valence-electron chi connectivity index (χ3n) is 4.32. The second-order valence-electron chi connectivity index (χ2n) is 5.65. The second kappa shape index (κ2) is 5.47. The number of hydrogen-bond acceptors (Lipinski definition) is 5. The van der Waals surface area contributed by atoms with Gasteiger partial charge in [-0.15, -0.1) is 0 Å². The van der Waals surface area contributed by atoms with E-state index in [1.54, 1.807) is 12.1 Å². The van der Waals surface area contributed by atoms with Gasteiger partial charge in [0, 0.05) is 18.7 Å². The van der Waals surface area contributed by atoms with Crippen LogP contribution < -0.4 is 0 Å². The maximum absolute atomic E-state index is 11.3. The van der Waals surface area contributed by atoms with Crippen LogP contribution in [0.2, 0.25) is 0 Å². The minimum Gasteiger partial charge on any atom is -0.465 e. The molecule has 21 heavy (non-hydrogen) atoms. The van der Waals surface area contributed by atoms with E-state index in [4.69, 9.17) is 0 Å². The maximum Gasteiger partial charge on any atom is 0.339 e. The van der Waals surface area contributed by atoms with E-state index in [1.807, 2.05) is 0 Å². The van der Waals surface area contributed by atoms with Crippen LogP contribution in [0.5, 0.6) is 0 Å². The van der Waals surface area contributed by atoms with Gasteiger partial charge in [-0.3, -0.25) is 4.90 Å². The van der Waals surface area contributed by atoms with E-state index in [0.717, 1.165) is 25.9 Å². The number of carbonyl (C=O) groups is 1. The summed E-state index contributed by atoms with van der Waals surface area (Å²) in [5.74, 6) is 5.76. The van der Waals surface area contributed by atoms with Gasteiger partial charge in [0.2, 0.25) is 0 Å². The Labute approximate surface area is 123 Å². The Morgan fingerprint density at radius 2 is 2.24 bits per heavy atom. The fourth-order valence-electron chi connectivity index (χ4n) is 3.06. The number of methoxy groups -OCH3 is 1. The number of ether oxygens (including phenoxy) is 1. The lowest BCUT2D eigenvalue weighted by atomic mass is 9.76. The van der Waals surface area contributed by atoms with Gasteiger partial charge in [-0.1, -0.05) is 5.92 Å². The first-order valence-corrected chi connectivity index (χ1v) is 7.13. The number of aliphatic hydroxyl groups is 1. The van der Waals surface area contributed by atoms with Crippen molar-refractivity contribution in [2.24, 2.45) is 5.92 Å². The molecule has 0 amide bonds. The van der Waals surface area contributed by atoms with Crippen LogP contribution in [0.15, 0.2) is 18.3 Å². The Kier molecular flexibility index (Phi) is 3.66. The van der Waals surface area contributed by atoms with E-state index in [9.17, 15) is 9.90 Å². The van der Waals surface area contributed by atoms with Gasteiger partial charge in [0.25, 0.3) is 0 Å². The molecule has 1 unspecified atom stereocenters. The highest BCUT2D eigenvalue weighted by molar-refractivity contribution is 5.88. The van der Waals surface area contributed by atoms with Gasteiger partial charge < -0.3 is 9.84 Å². The Hall–Kier alpha value is -1.90. The average molecular weight is 286 g/mol. The highest BCUT2D eigenvalue weighted by Crippen LogP contribution is 2.35. The van der Waals surface area contributed by atoms with Crippen molar-refractivity contribution in [3.8, 4) is 11.8 Å². The van der Waals surface area contributed by atoms with Crippen LogP contribution >= 0.6 is 0 Å². The molecule has 5 heteroatoms. The summed E-state index contributed by atoms with van der Waals surface area (Å²) in [6.07, 6.45) is 3.44. The lowest BCUT2D eigenvalue weighted by Gasteiger charge is -2.47. The van der Waals surface area contributed by atoms with Crippen LogP contribution in [0.1, 0.15) is 28.9 Å². The first-order valence-electron chi connectivity index (χ1n) is 7.13. The Bertz CT molecular complexity index is 594. The average Bonchev–Trinajstić information content (AvgIpc) is 2.54. The summed E-state index contributed by atoms with van der Waals surface area (Å²) in [5.41, 5.74) is 0.0104. The van der Waals surface area contributed by atoms with Crippen molar-refractivity contribution < 1.29 is 14.6 Å². The standard InChI is InChI=1S/C16H18N2O3/c1-21-15(19)12-2-3-14(17-10-12)4-7-16(20)11-18-8-5-13(16)6-9-18/h2-3,10,13,20H,5-6,8-9,11H2,1H3. The van der Waals surface area contributed by atoms with Gasteiger partial charge in [0.15, 0.2) is 0 Å². The number of rotatable bonds is 1. The molecule has 3 aliphatic rings. The lowest BCUT2D eigenvalue weighted by molar-refractivity contribution is -0.0713. The molecule has 2 bridgehead atoms. The number of aromatic nitrogens is 1. The summed E-state index contributed by atoms with van der Waals surface area (Å²) in [6, 6.07) is 3.30. The number of piperidine rings is 3. The second-order valence-corrected chi connectivity index (χ2v) is 5.65. The normalized spacial score (nSPS) is 30.4. The zero-order valence-corrected chi connectivity index (χ0v) is 12.0. The highest BCUT2D eigenvalue weighted by atomic mass is 16.5. The number of esters is 1. The predicted molar refractivity (Wildman–Crippen MR) is 76.6 cm³/mol. The van der Waals surface area contributed by atoms with Crippen LogP contribution in [0.4, 0.5) is 0 Å². The van der Waals surface area contributed by atoms with Gasteiger partial charge in [-0.25, -0.2) is 9.78 Å². The van der Waals surface area contributed by atoms with Crippen molar-refractivity contribution >= 4 is 5.97 Å². The Morgan fingerprint density at radius 3 is 2.76 bits per heavy atom. The summed E-state index contributed by atoms with van der Waals surface area (Å²) in [7, 11) is 1.33. The first-order chi connectivity index (χ1) is 10.1. The molecule has 0 spiro atoms. The van der Waals surface area contributed by atoms with E-state index < -0.39 is 11.6 Å². The van der Waals surface area contributed by atoms with Crippen LogP contribution in [0.25, 0.3) is 0 Å². The Balaban J connectivity index is 1.76. The number of nitrogens with zero attached hydrogens (tertiary/aromatic N) is 2. The van der Waals surface area contributed by atoms with Gasteiger partial charge in [0.05, 0.1) is 12.7 Å². The smallest absolute Gasteiger partial charge is 0.339 e. The fourth-order valence-corrected chi connectivity index (χ4v) is 3.06. The molecule has 0 saturated carbocycles. The van der Waals surface area contributed by atoms with Crippen LogP contribution in [0.3, 0.4) is 0 Å². The van der Waals surface area contributed by atoms with Crippen LogP contribution in [0, 0.1) is 17.8 Å². The van der Waals surface area contributed by atoms with Crippen molar-refractivity contribution in [1.82, 2.24) is 9.88 Å². The molecule has 0 aromatic carbocycles. The van der Waals surface area contributed by atoms with Crippen LogP contribution in [-0.4, -0.2) is 53.3 Å². The topological polar surface area (TPSA) is 62.7 Å². The molecule has 1 N–H and O–H groups in total. The molecular formula is C16H18N2O3. The third-order valence-corrected chi connectivity index (χ3v) is 4.32. The van der Waals surface area contributed by atoms with Crippen molar-refractivity contribution in [3.63, 3.8) is 0 Å². The molecule has 3 saturated heterocycles. The zero-order valence-electron chi connectivity index (χ0n) is 12.0. The largest absolute Gasteiger partial charge is 0.465 e. The molecule has 1 atom stereocenters. The van der Waals surface area contributed by atoms with Crippen molar-refractivity contribution in [1.29, 1.82) is 0 Å². The van der Waals surface area contributed by atoms with Gasteiger partial charge in [0.1, 0.15) is 11.3 Å². The monoisotopic (exact) mass is 286 g/mol. The van der Waals surface area contributed by atoms with Gasteiger partial charge in [-0.2, -0.15) is 0 Å². The molecule has 1 aromatic heterocycles. The molecule has 0 radical (unpaired) electrons. The number of carbonyl (C=O) groups excluding carboxylic acids is 1. The minimum atomic E-state index is -0.931. The fraction of sp³-hybridized carbons (Fsp3) is 0.500. The molecule has 4 rings (SSSR count). The van der Waals surface area contributed by atoms with E-state index >= 15 is 0 Å². The van der Waals surface area contributed by atoms with Gasteiger partial charge >= 0.3 is 5.97 Å². The van der Waals surface area contributed by atoms with E-state index in [0.29, 0.717) is 17.8 Å². The van der Waals surface area contributed by atoms with Crippen molar-refractivity contribution in [2.45, 2.75) is 18.4 Å². The molecule has 1 aromatic rings. The van der Waals surface area contributed by atoms with E-state index in [-0.39, 0.29) is 5.92 Å². The van der Waals surface area contributed by atoms with Gasteiger partial charge in [-0.05, 0) is 44.0 Å². The highest BCUT2D eigenvalue weighted by Gasteiger charge is 2.44. The van der Waals surface area contributed by atoms with E-state index in [1.165, 1.54) is 13.3 Å². The quantitative estimate of drug-likeness (QED) is 0.607. The summed E-state index contributed by atoms with van der Waals surface area (Å²) < 4.78 is 4.62. The van der Waals surface area contributed by atoms with Crippen LogP contribution in [-0.2, 0) is 4.74 Å². The number of pyridine rings is 1. The Morgan fingerprint density at radius 1 is 1.48 bits per heavy atom. The van der Waals surface area contributed by atoms with Crippen molar-refractivity contribution in [3.05, 3.63) is 29.6 Å². The summed E-state index contributed by atoms with van der Waals surface area (Å²) in [4.78, 5) is 17.7. The molecular weight excluding hydrogens is 268 g/mol. The zero-order chi connectivity index (χ0) is 14.9. The van der Waals surface area contributed by atoms with E-state index in [2.05, 4.69) is 26.5 Å². The molecule has 3 aliphatic heterocycles. The summed E-state index contributed by atoms with van der Waals surface area (Å²) in [5, 5.41) is 10.7. The minimum absolute atomic E-state index is 0.254.